The number of hydrogen-bond acceptors (Lipinski definition) is 4. The Morgan fingerprint density at radius 3 is 0.721 bits per heavy atom. The quantitative estimate of drug-likeness (QED) is 0.0388. The van der Waals surface area contributed by atoms with Gasteiger partial charge in [-0.15, -0.1) is 0 Å². The molecule has 0 heterocycles. The number of halogens is 2. The van der Waals surface area contributed by atoms with E-state index in [2.05, 4.69) is 45.7 Å². The zero-order chi connectivity index (χ0) is 31.5. The fourth-order valence-corrected chi connectivity index (χ4v) is 5.92. The third-order valence-corrected chi connectivity index (χ3v) is 9.80. The van der Waals surface area contributed by atoms with Crippen molar-refractivity contribution in [1.29, 1.82) is 0 Å². The third kappa shape index (κ3) is 43.2. The van der Waals surface area contributed by atoms with Crippen LogP contribution in [0.15, 0.2) is 0 Å². The van der Waals surface area contributed by atoms with E-state index >= 15 is 0 Å². The van der Waals surface area contributed by atoms with Gasteiger partial charge in [0.25, 0.3) is 0 Å². The summed E-state index contributed by atoms with van der Waals surface area (Å²) in [5.41, 5.74) is 0. The molecule has 0 aliphatic carbocycles. The zero-order valence-electron chi connectivity index (χ0n) is 28.5. The average molecular weight is 765 g/mol. The molecular weight excluding hydrogens is 696 g/mol. The number of carbonyl (C=O) groups excluding carboxylic acids is 2. The molecule has 0 aromatic heterocycles. The Morgan fingerprint density at radius 2 is 0.558 bits per heavy atom. The predicted octanol–water partition coefficient (Wildman–Crippen LogP) is 10.4. The number of aliphatic carboxylic acids is 2. The van der Waals surface area contributed by atoms with Crippen LogP contribution in [0.25, 0.3) is 0 Å². The molecule has 2 atom stereocenters. The Balaban J connectivity index is -0.000000727. The molecule has 0 radical (unpaired) electrons. The van der Waals surface area contributed by atoms with E-state index in [4.69, 9.17) is 0 Å². The smallest absolute Gasteiger partial charge is 0.549 e. The van der Waals surface area contributed by atoms with E-state index in [1.54, 1.807) is 0 Å². The van der Waals surface area contributed by atoms with Crippen molar-refractivity contribution in [3.05, 3.63) is 0 Å². The molecule has 4 nitrogen and oxygen atoms in total. The van der Waals surface area contributed by atoms with Crippen molar-refractivity contribution in [3.8, 4) is 0 Å². The van der Waals surface area contributed by atoms with Crippen molar-refractivity contribution in [2.75, 3.05) is 0 Å². The standard InChI is InChI=1S/2C18H35BrO2.Ca/c2*1-2-3-4-5-6-7-8-9-10-11-12-13-14-15-16-17(19)18(20)21;/h2*17H,2-16H2,1H3,(H,20,21);/q;;+2/p-2. The van der Waals surface area contributed by atoms with Crippen molar-refractivity contribution < 1.29 is 19.8 Å². The van der Waals surface area contributed by atoms with Gasteiger partial charge in [-0.05, 0) is 12.8 Å². The number of carbonyl (C=O) groups is 2. The average Bonchev–Trinajstić information content (AvgIpc) is 2.97. The van der Waals surface area contributed by atoms with Crippen LogP contribution in [-0.4, -0.2) is 59.3 Å². The molecule has 252 valence electrons. The summed E-state index contributed by atoms with van der Waals surface area (Å²) < 4.78 is 0. The van der Waals surface area contributed by atoms with Crippen LogP contribution < -0.4 is 10.2 Å². The first kappa shape index (κ1) is 48.6. The van der Waals surface area contributed by atoms with E-state index < -0.39 is 21.6 Å². The summed E-state index contributed by atoms with van der Waals surface area (Å²) in [5, 5.41) is 21.0. The Bertz CT molecular complexity index is 517. The van der Waals surface area contributed by atoms with E-state index in [-0.39, 0.29) is 37.7 Å². The van der Waals surface area contributed by atoms with Crippen LogP contribution in [0, 0.1) is 0 Å². The van der Waals surface area contributed by atoms with Crippen molar-refractivity contribution in [3.63, 3.8) is 0 Å². The molecule has 0 rings (SSSR count). The normalized spacial score (nSPS) is 12.2. The summed E-state index contributed by atoms with van der Waals surface area (Å²) in [6, 6.07) is 0. The molecule has 0 spiro atoms. The van der Waals surface area contributed by atoms with Crippen LogP contribution >= 0.6 is 31.9 Å². The minimum atomic E-state index is -0.982. The maximum absolute atomic E-state index is 10.5. The fourth-order valence-electron chi connectivity index (χ4n) is 5.27. The third-order valence-electron chi connectivity index (χ3n) is 8.13. The topological polar surface area (TPSA) is 80.3 Å². The minimum absolute atomic E-state index is 0. The number of carboxylic acid groups (broad SMARTS) is 2. The van der Waals surface area contributed by atoms with Crippen LogP contribution in [0.1, 0.15) is 206 Å². The van der Waals surface area contributed by atoms with Crippen LogP contribution in [0.2, 0.25) is 0 Å². The molecule has 0 aliphatic heterocycles. The van der Waals surface area contributed by atoms with Crippen LogP contribution in [-0.2, 0) is 9.59 Å². The molecular formula is C36H68Br2CaO4. The first-order valence-corrected chi connectivity index (χ1v) is 19.9. The molecule has 0 N–H and O–H groups in total. The minimum Gasteiger partial charge on any atom is -0.549 e. The van der Waals surface area contributed by atoms with Gasteiger partial charge < -0.3 is 19.8 Å². The summed E-state index contributed by atoms with van der Waals surface area (Å²) >= 11 is 6.24. The maximum Gasteiger partial charge on any atom is 2.00 e. The Kier molecular flexibility index (Phi) is 46.5. The van der Waals surface area contributed by atoms with Crippen LogP contribution in [0.5, 0.6) is 0 Å². The Hall–Kier alpha value is 1.16. The number of rotatable bonds is 32. The maximum atomic E-state index is 10.5. The summed E-state index contributed by atoms with van der Waals surface area (Å²) in [6.45, 7) is 4.53. The van der Waals surface area contributed by atoms with E-state index in [9.17, 15) is 19.8 Å². The molecule has 7 heteroatoms. The van der Waals surface area contributed by atoms with Gasteiger partial charge in [0.05, 0.1) is 21.6 Å². The van der Waals surface area contributed by atoms with Gasteiger partial charge in [0.1, 0.15) is 0 Å². The summed E-state index contributed by atoms with van der Waals surface area (Å²) in [4.78, 5) is 20.1. The van der Waals surface area contributed by atoms with Crippen LogP contribution in [0.4, 0.5) is 0 Å². The van der Waals surface area contributed by atoms with Gasteiger partial charge in [0.2, 0.25) is 0 Å². The van der Waals surface area contributed by atoms with E-state index in [0.29, 0.717) is 12.8 Å². The molecule has 0 saturated carbocycles. The molecule has 0 bridgehead atoms. The van der Waals surface area contributed by atoms with Crippen molar-refractivity contribution in [1.82, 2.24) is 0 Å². The van der Waals surface area contributed by atoms with Crippen molar-refractivity contribution in [2.45, 2.75) is 216 Å². The molecule has 0 fully saturated rings. The van der Waals surface area contributed by atoms with E-state index in [1.165, 1.54) is 154 Å². The van der Waals surface area contributed by atoms with E-state index in [0.717, 1.165) is 25.7 Å². The monoisotopic (exact) mass is 762 g/mol. The molecule has 0 aromatic rings. The van der Waals surface area contributed by atoms with Gasteiger partial charge in [-0.25, -0.2) is 0 Å². The molecule has 2 unspecified atom stereocenters. The van der Waals surface area contributed by atoms with Gasteiger partial charge in [-0.2, -0.15) is 0 Å². The fraction of sp³-hybridized carbons (Fsp3) is 0.944. The van der Waals surface area contributed by atoms with Gasteiger partial charge in [-0.3, -0.25) is 0 Å². The molecule has 43 heavy (non-hydrogen) atoms. The van der Waals surface area contributed by atoms with Gasteiger partial charge in [0.15, 0.2) is 0 Å². The summed E-state index contributed by atoms with van der Waals surface area (Å²) in [6.07, 6.45) is 38.6. The first-order valence-electron chi connectivity index (χ1n) is 18.1. The number of alkyl halides is 2. The second kappa shape index (κ2) is 41.2. The molecule has 0 amide bonds. The second-order valence-electron chi connectivity index (χ2n) is 12.3. The molecule has 0 aromatic carbocycles. The van der Waals surface area contributed by atoms with E-state index in [1.807, 2.05) is 0 Å². The first-order chi connectivity index (χ1) is 20.4. The zero-order valence-corrected chi connectivity index (χ0v) is 33.8. The molecule has 0 aliphatic rings. The SMILES string of the molecule is CCCCCCCCCCCCCCCCC(Br)C(=O)[O-].CCCCCCCCCCCCCCCCC(Br)C(=O)[O-].[Ca+2]. The Morgan fingerprint density at radius 1 is 0.395 bits per heavy atom. The summed E-state index contributed by atoms with van der Waals surface area (Å²) in [5.74, 6) is -1.96. The number of unbranched alkanes of at least 4 members (excludes halogenated alkanes) is 26. The summed E-state index contributed by atoms with van der Waals surface area (Å²) in [7, 11) is 0. The van der Waals surface area contributed by atoms with Crippen molar-refractivity contribution in [2.24, 2.45) is 0 Å². The van der Waals surface area contributed by atoms with Crippen molar-refractivity contribution >= 4 is 81.5 Å². The van der Waals surface area contributed by atoms with Gasteiger partial charge >= 0.3 is 37.7 Å². The number of carboxylic acids is 2. The Labute approximate surface area is 314 Å². The molecule has 0 saturated heterocycles. The second-order valence-corrected chi connectivity index (χ2v) is 14.6. The van der Waals surface area contributed by atoms with Crippen LogP contribution in [0.3, 0.4) is 0 Å². The predicted molar refractivity (Wildman–Crippen MR) is 191 cm³/mol. The number of hydrogen-bond donors (Lipinski definition) is 0. The van der Waals surface area contributed by atoms with Gasteiger partial charge in [0, 0.05) is 0 Å². The van der Waals surface area contributed by atoms with Gasteiger partial charge in [-0.1, -0.05) is 225 Å². The largest absolute Gasteiger partial charge is 2.00 e.